The van der Waals surface area contributed by atoms with Crippen LogP contribution in [0.25, 0.3) is 0 Å². The van der Waals surface area contributed by atoms with Crippen LogP contribution < -0.4 is 23.7 Å². The largest absolute Gasteiger partial charge is 0.445 e. The predicted molar refractivity (Wildman–Crippen MR) is 108 cm³/mol. The van der Waals surface area contributed by atoms with E-state index in [9.17, 15) is 19.2 Å². The molecule has 0 aliphatic carbocycles. The van der Waals surface area contributed by atoms with Crippen molar-refractivity contribution in [3.8, 4) is 34.5 Å². The summed E-state index contributed by atoms with van der Waals surface area (Å²) < 4.78 is 26.7. The van der Waals surface area contributed by atoms with Crippen LogP contribution in [0.1, 0.15) is 38.8 Å². The molecule has 0 heterocycles. The molecule has 164 valence electrons. The standard InChI is InChI=1S/C22H22O9/c1-11-8-18(28-14(4)24)22(19(9-11)29-15(5)25)31-20-10-12(2)7-17(27-13(3)23)21(20)30-16(6)26/h7-10H,1-6H3. The van der Waals surface area contributed by atoms with Gasteiger partial charge in [0.05, 0.1) is 0 Å². The number of benzene rings is 2. The third-order valence-corrected chi connectivity index (χ3v) is 3.55. The van der Waals surface area contributed by atoms with Gasteiger partial charge in [-0.05, 0) is 49.2 Å². The zero-order chi connectivity index (χ0) is 23.3. The first-order chi connectivity index (χ1) is 14.5. The average Bonchev–Trinajstić information content (AvgIpc) is 2.58. The quantitative estimate of drug-likeness (QED) is 0.498. The highest BCUT2D eigenvalue weighted by molar-refractivity contribution is 5.77. The summed E-state index contributed by atoms with van der Waals surface area (Å²) in [5.41, 5.74) is 1.24. The number of carbonyl (C=O) groups excluding carboxylic acids is 4. The molecular weight excluding hydrogens is 408 g/mol. The monoisotopic (exact) mass is 430 g/mol. The number of hydrogen-bond acceptors (Lipinski definition) is 9. The van der Waals surface area contributed by atoms with Crippen molar-refractivity contribution in [1.29, 1.82) is 0 Å². The van der Waals surface area contributed by atoms with Crippen LogP contribution in [0.15, 0.2) is 24.3 Å². The second kappa shape index (κ2) is 9.75. The summed E-state index contributed by atoms with van der Waals surface area (Å²) in [6, 6.07) is 6.03. The Balaban J connectivity index is 2.71. The maximum Gasteiger partial charge on any atom is 0.308 e. The van der Waals surface area contributed by atoms with E-state index in [1.165, 1.54) is 52.0 Å². The van der Waals surface area contributed by atoms with Gasteiger partial charge >= 0.3 is 23.9 Å². The Morgan fingerprint density at radius 2 is 0.839 bits per heavy atom. The summed E-state index contributed by atoms with van der Waals surface area (Å²) in [5.74, 6) is -2.98. The number of hydrogen-bond donors (Lipinski definition) is 0. The van der Waals surface area contributed by atoms with Crippen LogP contribution >= 0.6 is 0 Å². The predicted octanol–water partition coefficient (Wildman–Crippen LogP) is 3.80. The zero-order valence-corrected chi connectivity index (χ0v) is 18.0. The Hall–Kier alpha value is -3.88. The first-order valence-corrected chi connectivity index (χ1v) is 9.17. The van der Waals surface area contributed by atoms with Gasteiger partial charge in [0.2, 0.25) is 11.5 Å². The third-order valence-electron chi connectivity index (χ3n) is 3.55. The molecule has 9 nitrogen and oxygen atoms in total. The van der Waals surface area contributed by atoms with E-state index in [1.54, 1.807) is 13.8 Å². The highest BCUT2D eigenvalue weighted by Gasteiger charge is 2.23. The molecule has 0 aliphatic heterocycles. The fourth-order valence-electron chi connectivity index (χ4n) is 2.64. The van der Waals surface area contributed by atoms with E-state index in [0.717, 1.165) is 0 Å². The molecule has 0 unspecified atom stereocenters. The van der Waals surface area contributed by atoms with Crippen molar-refractivity contribution in [2.75, 3.05) is 0 Å². The van der Waals surface area contributed by atoms with Crippen LogP contribution in [-0.2, 0) is 19.2 Å². The highest BCUT2D eigenvalue weighted by Crippen LogP contribution is 2.47. The SMILES string of the molecule is CC(=O)Oc1cc(C)cc(Oc2c(OC(C)=O)cc(C)cc2OC(C)=O)c1OC(C)=O. The molecule has 2 rings (SSSR count). The van der Waals surface area contributed by atoms with Crippen molar-refractivity contribution in [3.05, 3.63) is 35.4 Å². The van der Waals surface area contributed by atoms with Gasteiger partial charge in [0, 0.05) is 27.7 Å². The molecule has 2 aromatic rings. The first-order valence-electron chi connectivity index (χ1n) is 9.17. The molecule has 0 saturated heterocycles. The fourth-order valence-corrected chi connectivity index (χ4v) is 2.64. The number of ether oxygens (including phenoxy) is 5. The lowest BCUT2D eigenvalue weighted by Crippen LogP contribution is -2.10. The normalized spacial score (nSPS) is 10.1. The highest BCUT2D eigenvalue weighted by atomic mass is 16.6. The average molecular weight is 430 g/mol. The van der Waals surface area contributed by atoms with Gasteiger partial charge < -0.3 is 23.7 Å². The summed E-state index contributed by atoms with van der Waals surface area (Å²) in [6.45, 7) is 8.17. The zero-order valence-electron chi connectivity index (χ0n) is 18.0. The van der Waals surface area contributed by atoms with Crippen LogP contribution in [0.4, 0.5) is 0 Å². The molecular formula is C22H22O9. The van der Waals surface area contributed by atoms with Crippen molar-refractivity contribution in [3.63, 3.8) is 0 Å². The molecule has 0 aromatic heterocycles. The number of aryl methyl sites for hydroxylation is 2. The van der Waals surface area contributed by atoms with E-state index in [2.05, 4.69) is 0 Å². The van der Waals surface area contributed by atoms with Crippen LogP contribution in [0.2, 0.25) is 0 Å². The molecule has 0 saturated carbocycles. The minimum Gasteiger partial charge on any atom is -0.445 e. The van der Waals surface area contributed by atoms with Crippen LogP contribution in [-0.4, -0.2) is 23.9 Å². The molecule has 0 radical (unpaired) electrons. The van der Waals surface area contributed by atoms with E-state index < -0.39 is 23.9 Å². The fraction of sp³-hybridized carbons (Fsp3) is 0.273. The topological polar surface area (TPSA) is 114 Å². The van der Waals surface area contributed by atoms with Crippen molar-refractivity contribution in [1.82, 2.24) is 0 Å². The molecule has 0 bridgehead atoms. The Bertz CT molecular complexity index is 1020. The van der Waals surface area contributed by atoms with Gasteiger partial charge in [0.1, 0.15) is 0 Å². The summed E-state index contributed by atoms with van der Waals surface area (Å²) in [5, 5.41) is 0. The lowest BCUT2D eigenvalue weighted by atomic mass is 10.2. The molecule has 31 heavy (non-hydrogen) atoms. The van der Waals surface area contributed by atoms with Crippen molar-refractivity contribution in [2.45, 2.75) is 41.5 Å². The van der Waals surface area contributed by atoms with E-state index in [4.69, 9.17) is 23.7 Å². The van der Waals surface area contributed by atoms with Crippen LogP contribution in [0.5, 0.6) is 34.5 Å². The molecule has 0 fully saturated rings. The Morgan fingerprint density at radius 1 is 0.516 bits per heavy atom. The van der Waals surface area contributed by atoms with Gasteiger partial charge in [0.25, 0.3) is 0 Å². The lowest BCUT2D eigenvalue weighted by molar-refractivity contribution is -0.134. The second-order valence-electron chi connectivity index (χ2n) is 6.66. The summed E-state index contributed by atoms with van der Waals surface area (Å²) >= 11 is 0. The van der Waals surface area contributed by atoms with Gasteiger partial charge in [0.15, 0.2) is 23.0 Å². The van der Waals surface area contributed by atoms with Gasteiger partial charge in [-0.15, -0.1) is 0 Å². The third kappa shape index (κ3) is 6.56. The van der Waals surface area contributed by atoms with E-state index in [1.807, 2.05) is 0 Å². The van der Waals surface area contributed by atoms with E-state index in [0.29, 0.717) is 11.1 Å². The molecule has 0 aliphatic rings. The van der Waals surface area contributed by atoms with Crippen LogP contribution in [0, 0.1) is 13.8 Å². The van der Waals surface area contributed by atoms with Gasteiger partial charge in [-0.25, -0.2) is 0 Å². The first kappa shape index (κ1) is 23.4. The van der Waals surface area contributed by atoms with E-state index in [-0.39, 0.29) is 34.5 Å². The van der Waals surface area contributed by atoms with Crippen LogP contribution in [0.3, 0.4) is 0 Å². The molecule has 2 aromatic carbocycles. The summed E-state index contributed by atoms with van der Waals surface area (Å²) in [4.78, 5) is 46.3. The molecule has 0 amide bonds. The minimum absolute atomic E-state index is 0.0203. The maximum atomic E-state index is 11.7. The van der Waals surface area contributed by atoms with Gasteiger partial charge in [-0.1, -0.05) is 0 Å². The van der Waals surface area contributed by atoms with Gasteiger partial charge in [-0.2, -0.15) is 0 Å². The number of carbonyl (C=O) groups is 4. The summed E-state index contributed by atoms with van der Waals surface area (Å²) in [7, 11) is 0. The molecule has 0 atom stereocenters. The van der Waals surface area contributed by atoms with Crippen molar-refractivity contribution < 1.29 is 42.9 Å². The molecule has 0 N–H and O–H groups in total. The second-order valence-corrected chi connectivity index (χ2v) is 6.66. The van der Waals surface area contributed by atoms with Crippen molar-refractivity contribution in [2.24, 2.45) is 0 Å². The minimum atomic E-state index is -0.688. The Kier molecular flexibility index (Phi) is 7.36. The summed E-state index contributed by atoms with van der Waals surface area (Å²) in [6.07, 6.45) is 0. The maximum absolute atomic E-state index is 11.7. The molecule has 0 spiro atoms. The molecule has 9 heteroatoms. The number of rotatable bonds is 6. The number of esters is 4. The Labute approximate surface area is 178 Å². The van der Waals surface area contributed by atoms with Crippen molar-refractivity contribution >= 4 is 23.9 Å². The lowest BCUT2D eigenvalue weighted by Gasteiger charge is -2.18. The Morgan fingerprint density at radius 3 is 1.19 bits per heavy atom. The van der Waals surface area contributed by atoms with E-state index >= 15 is 0 Å². The van der Waals surface area contributed by atoms with Gasteiger partial charge in [-0.3, -0.25) is 19.2 Å². The smallest absolute Gasteiger partial charge is 0.308 e.